The van der Waals surface area contributed by atoms with Crippen molar-refractivity contribution in [1.29, 1.82) is 0 Å². The van der Waals surface area contributed by atoms with Gasteiger partial charge in [0.15, 0.2) is 17.8 Å². The Morgan fingerprint density at radius 1 is 1.48 bits per heavy atom. The lowest BCUT2D eigenvalue weighted by atomic mass is 10.1. The fourth-order valence-electron chi connectivity index (χ4n) is 2.43. The molecule has 21 heavy (non-hydrogen) atoms. The van der Waals surface area contributed by atoms with Crippen molar-refractivity contribution < 1.29 is 29.3 Å². The van der Waals surface area contributed by atoms with E-state index in [9.17, 15) is 19.8 Å². The zero-order valence-electron chi connectivity index (χ0n) is 10.9. The molecule has 10 nitrogen and oxygen atoms in total. The van der Waals surface area contributed by atoms with Gasteiger partial charge in [0.05, 0.1) is 6.61 Å². The lowest BCUT2D eigenvalue weighted by molar-refractivity contribution is -0.111. The van der Waals surface area contributed by atoms with Crippen LogP contribution in [0.3, 0.4) is 0 Å². The fraction of sp³-hybridized carbons (Fsp3) is 0.545. The summed E-state index contributed by atoms with van der Waals surface area (Å²) < 4.78 is 10.6. The summed E-state index contributed by atoms with van der Waals surface area (Å²) in [7, 11) is 1.33. The molecule has 0 unspecified atom stereocenters. The Morgan fingerprint density at radius 3 is 2.90 bits per heavy atom. The summed E-state index contributed by atoms with van der Waals surface area (Å²) in [4.78, 5) is 35.5. The highest BCUT2D eigenvalue weighted by Crippen LogP contribution is 2.29. The number of amidine groups is 1. The van der Waals surface area contributed by atoms with Crippen LogP contribution in [0, 0.1) is 0 Å². The fourth-order valence-corrected chi connectivity index (χ4v) is 2.43. The lowest BCUT2D eigenvalue weighted by Crippen LogP contribution is -2.50. The van der Waals surface area contributed by atoms with Crippen molar-refractivity contribution in [2.45, 2.75) is 24.5 Å². The number of ether oxygens (including phenoxy) is 2. The average Bonchev–Trinajstić information content (AvgIpc) is 2.96. The molecule has 1 fully saturated rings. The van der Waals surface area contributed by atoms with E-state index in [1.54, 1.807) is 0 Å². The van der Waals surface area contributed by atoms with Crippen molar-refractivity contribution in [3.8, 4) is 0 Å². The van der Waals surface area contributed by atoms with E-state index >= 15 is 0 Å². The summed E-state index contributed by atoms with van der Waals surface area (Å²) >= 11 is 0. The van der Waals surface area contributed by atoms with Crippen molar-refractivity contribution in [2.24, 2.45) is 15.0 Å². The van der Waals surface area contributed by atoms with Gasteiger partial charge in [0.1, 0.15) is 24.7 Å². The highest BCUT2D eigenvalue weighted by Gasteiger charge is 2.52. The van der Waals surface area contributed by atoms with E-state index in [2.05, 4.69) is 15.0 Å². The Morgan fingerprint density at radius 2 is 2.24 bits per heavy atom. The van der Waals surface area contributed by atoms with Gasteiger partial charge in [0.2, 0.25) is 0 Å². The van der Waals surface area contributed by atoms with Gasteiger partial charge < -0.3 is 19.7 Å². The number of methoxy groups -OCH3 is 1. The summed E-state index contributed by atoms with van der Waals surface area (Å²) in [6, 6.07) is -0.763. The summed E-state index contributed by atoms with van der Waals surface area (Å²) in [6.45, 7) is -0.444. The normalized spacial score (nSPS) is 35.1. The Kier molecular flexibility index (Phi) is 3.37. The second-order valence-corrected chi connectivity index (χ2v) is 4.55. The number of hydrogen-bond acceptors (Lipinski definition) is 7. The molecule has 10 heteroatoms. The van der Waals surface area contributed by atoms with Gasteiger partial charge in [-0.05, 0) is 0 Å². The van der Waals surface area contributed by atoms with Crippen LogP contribution >= 0.6 is 0 Å². The summed E-state index contributed by atoms with van der Waals surface area (Å²) in [5.41, 5.74) is -0.178. The third-order valence-electron chi connectivity index (χ3n) is 3.43. The van der Waals surface area contributed by atoms with Gasteiger partial charge in [-0.15, -0.1) is 0 Å². The van der Waals surface area contributed by atoms with Gasteiger partial charge in [0.25, 0.3) is 0 Å². The molecular weight excluding hydrogens is 284 g/mol. The highest BCUT2D eigenvalue weighted by molar-refractivity contribution is 6.71. The molecule has 0 spiro atoms. The number of carbonyl (C=O) groups is 2. The number of aliphatic imine (C=N–C) groups is 3. The third kappa shape index (κ3) is 2.00. The Bertz CT molecular complexity index is 585. The van der Waals surface area contributed by atoms with Gasteiger partial charge in [-0.3, -0.25) is 4.79 Å². The second kappa shape index (κ2) is 5.07. The number of aliphatic hydroxyl groups excluding tert-OH is 2. The first-order chi connectivity index (χ1) is 10.1. The Hall–Kier alpha value is -2.01. The maximum Gasteiger partial charge on any atom is 0.352 e. The molecule has 112 valence electrons. The van der Waals surface area contributed by atoms with E-state index in [0.29, 0.717) is 0 Å². The molecule has 2 N–H and O–H groups in total. The van der Waals surface area contributed by atoms with E-state index < -0.39 is 43.1 Å². The van der Waals surface area contributed by atoms with Crippen molar-refractivity contribution in [2.75, 3.05) is 13.7 Å². The predicted molar refractivity (Wildman–Crippen MR) is 68.2 cm³/mol. The zero-order valence-corrected chi connectivity index (χ0v) is 10.9. The minimum Gasteiger partial charge on any atom is -0.394 e. The molecule has 3 amide bonds. The molecule has 0 aliphatic carbocycles. The van der Waals surface area contributed by atoms with Crippen LogP contribution in [0.2, 0.25) is 0 Å². The molecule has 0 aromatic rings. The van der Waals surface area contributed by atoms with Crippen LogP contribution in [0.4, 0.5) is 4.79 Å². The molecule has 0 aromatic heterocycles. The molecule has 3 heterocycles. The quantitative estimate of drug-likeness (QED) is 0.614. The number of nitrogens with zero attached hydrogens (tertiary/aromatic N) is 4. The number of aliphatic hydroxyl groups is 2. The van der Waals surface area contributed by atoms with Crippen LogP contribution < -0.4 is 0 Å². The lowest BCUT2D eigenvalue weighted by Gasteiger charge is -2.27. The number of carbonyl (C=O) groups excluding carboxylic acids is 2. The van der Waals surface area contributed by atoms with E-state index in [0.717, 1.165) is 11.2 Å². The zero-order chi connectivity index (χ0) is 15.1. The average molecular weight is 296 g/mol. The van der Waals surface area contributed by atoms with Crippen LogP contribution in [-0.4, -0.2) is 83.2 Å². The number of amides is 3. The summed E-state index contributed by atoms with van der Waals surface area (Å²) in [5, 5.41) is 19.2. The second-order valence-electron chi connectivity index (χ2n) is 4.55. The third-order valence-corrected chi connectivity index (χ3v) is 3.43. The smallest absolute Gasteiger partial charge is 0.352 e. The number of urea groups is 1. The number of rotatable bonds is 3. The molecule has 3 aliphatic rings. The van der Waals surface area contributed by atoms with E-state index in [1.165, 1.54) is 7.11 Å². The number of fused-ring (bicyclic) bond motifs is 1. The maximum atomic E-state index is 12.0. The topological polar surface area (TPSA) is 133 Å². The molecule has 4 atom stereocenters. The van der Waals surface area contributed by atoms with Crippen molar-refractivity contribution >= 4 is 29.8 Å². The molecule has 0 radical (unpaired) electrons. The van der Waals surface area contributed by atoms with E-state index in [1.807, 2.05) is 0 Å². The highest BCUT2D eigenvalue weighted by atomic mass is 16.6. The van der Waals surface area contributed by atoms with Crippen LogP contribution in [0.1, 0.15) is 0 Å². The molecule has 0 bridgehead atoms. The van der Waals surface area contributed by atoms with E-state index in [4.69, 9.17) is 9.47 Å². The molecule has 0 aromatic carbocycles. The standard InChI is InChI=1S/C11H12N4O6/c1-20-7-6(17)4(2-16)21-10(7)15-8-5(14-11(15)19)9(18)13-3-12-8/h3-4,6-7,10,16-17H,2H2,1H3/t4-,6-,7-,10-/m1/s1. The molecule has 3 aliphatic heterocycles. The summed E-state index contributed by atoms with van der Waals surface area (Å²) in [6.07, 6.45) is -2.98. The van der Waals surface area contributed by atoms with Gasteiger partial charge in [-0.25, -0.2) is 14.7 Å². The monoisotopic (exact) mass is 296 g/mol. The first-order valence-electron chi connectivity index (χ1n) is 6.12. The Labute approximate surface area is 118 Å². The van der Waals surface area contributed by atoms with Crippen molar-refractivity contribution in [1.82, 2.24) is 4.90 Å². The molecule has 1 saturated heterocycles. The Balaban J connectivity index is 1.94. The number of hydrogen-bond donors (Lipinski definition) is 2. The van der Waals surface area contributed by atoms with Gasteiger partial charge in [-0.2, -0.15) is 9.98 Å². The van der Waals surface area contributed by atoms with Crippen LogP contribution in [0.5, 0.6) is 0 Å². The van der Waals surface area contributed by atoms with E-state index in [-0.39, 0.29) is 11.5 Å². The van der Waals surface area contributed by atoms with Crippen molar-refractivity contribution in [3.63, 3.8) is 0 Å². The maximum absolute atomic E-state index is 12.0. The van der Waals surface area contributed by atoms with Gasteiger partial charge in [-0.1, -0.05) is 0 Å². The van der Waals surface area contributed by atoms with Crippen LogP contribution in [0.25, 0.3) is 0 Å². The largest absolute Gasteiger partial charge is 0.394 e. The first-order valence-corrected chi connectivity index (χ1v) is 6.12. The molecular formula is C11H12N4O6. The van der Waals surface area contributed by atoms with Crippen LogP contribution in [0.15, 0.2) is 15.0 Å². The summed E-state index contributed by atoms with van der Waals surface area (Å²) in [5.74, 6) is -0.681. The SMILES string of the molecule is CO[C@@H]1[C@H](O)[C@@H](CO)O[C@H]1N1C(=O)N=C2C(=O)N=CN=C21. The first kappa shape index (κ1) is 13.9. The minimum atomic E-state index is -1.13. The molecule has 0 saturated carbocycles. The minimum absolute atomic E-state index is 0.00200. The predicted octanol–water partition coefficient (Wildman–Crippen LogP) is -2.08. The van der Waals surface area contributed by atoms with Gasteiger partial charge in [0, 0.05) is 7.11 Å². The molecule has 3 rings (SSSR count). The van der Waals surface area contributed by atoms with Crippen molar-refractivity contribution in [3.05, 3.63) is 0 Å². The van der Waals surface area contributed by atoms with Crippen LogP contribution in [-0.2, 0) is 14.3 Å². The van der Waals surface area contributed by atoms with Gasteiger partial charge >= 0.3 is 11.9 Å².